The van der Waals surface area contributed by atoms with E-state index < -0.39 is 11.3 Å². The molecule has 0 radical (unpaired) electrons. The number of rotatable bonds is 4. The second-order valence-corrected chi connectivity index (χ2v) is 5.31. The van der Waals surface area contributed by atoms with Crippen molar-refractivity contribution in [1.29, 1.82) is 0 Å². The van der Waals surface area contributed by atoms with Gasteiger partial charge in [0.1, 0.15) is 5.38 Å². The van der Waals surface area contributed by atoms with Crippen LogP contribution in [0.5, 0.6) is 0 Å². The minimum atomic E-state index is -0.950. The lowest BCUT2D eigenvalue weighted by Crippen LogP contribution is -2.48. The highest BCUT2D eigenvalue weighted by Gasteiger charge is 2.23. The molecule has 1 atom stereocenters. The monoisotopic (exact) mass is 275 g/mol. The maximum Gasteiger partial charge on any atom is 0.322 e. The number of aliphatic carboxylic acids is 1. The first-order chi connectivity index (χ1) is 8.16. The second kappa shape index (κ2) is 5.66. The maximum absolute atomic E-state index is 10.6. The van der Waals surface area contributed by atoms with Gasteiger partial charge in [-0.3, -0.25) is 9.69 Å². The number of halogens is 1. The molecule has 1 aromatic rings. The summed E-state index contributed by atoms with van der Waals surface area (Å²) in [6, 6.07) is 0. The molecule has 0 spiro atoms. The first-order valence-electron chi connectivity index (χ1n) is 5.40. The molecule has 1 aliphatic rings. The van der Waals surface area contributed by atoms with Crippen LogP contribution in [-0.2, 0) is 4.79 Å². The Hall–Kier alpha value is -0.850. The third kappa shape index (κ3) is 3.31. The highest BCUT2D eigenvalue weighted by molar-refractivity contribution is 7.13. The Kier molecular flexibility index (Phi) is 4.20. The fourth-order valence-corrected chi connectivity index (χ4v) is 2.69. The zero-order chi connectivity index (χ0) is 12.3. The molecule has 7 heteroatoms. The van der Waals surface area contributed by atoms with Crippen molar-refractivity contribution >= 4 is 34.0 Å². The van der Waals surface area contributed by atoms with Crippen LogP contribution in [0.2, 0.25) is 0 Å². The van der Waals surface area contributed by atoms with Crippen molar-refractivity contribution in [1.82, 2.24) is 9.88 Å². The van der Waals surface area contributed by atoms with Gasteiger partial charge in [0, 0.05) is 44.3 Å². The van der Waals surface area contributed by atoms with Crippen LogP contribution >= 0.6 is 22.9 Å². The van der Waals surface area contributed by atoms with Crippen molar-refractivity contribution in [2.45, 2.75) is 5.38 Å². The molecule has 1 N–H and O–H groups in total. The van der Waals surface area contributed by atoms with Crippen molar-refractivity contribution in [3.8, 4) is 0 Å². The van der Waals surface area contributed by atoms with Crippen LogP contribution in [0.25, 0.3) is 0 Å². The van der Waals surface area contributed by atoms with Crippen LogP contribution < -0.4 is 4.90 Å². The fraction of sp³-hybridized carbons (Fsp3) is 0.600. The molecule has 17 heavy (non-hydrogen) atoms. The third-order valence-electron chi connectivity index (χ3n) is 2.75. The molecule has 1 aliphatic heterocycles. The second-order valence-electron chi connectivity index (χ2n) is 3.91. The van der Waals surface area contributed by atoms with Crippen molar-refractivity contribution < 1.29 is 9.90 Å². The molecule has 1 unspecified atom stereocenters. The summed E-state index contributed by atoms with van der Waals surface area (Å²) in [5.41, 5.74) is 0. The number of piperazine rings is 1. The van der Waals surface area contributed by atoms with Crippen LogP contribution in [0, 0.1) is 0 Å². The van der Waals surface area contributed by atoms with Gasteiger partial charge in [-0.1, -0.05) is 0 Å². The summed E-state index contributed by atoms with van der Waals surface area (Å²) in [4.78, 5) is 19.2. The number of thiazole rings is 1. The number of carboxylic acid groups (broad SMARTS) is 1. The van der Waals surface area contributed by atoms with Crippen LogP contribution in [0.1, 0.15) is 0 Å². The Balaban J connectivity index is 1.80. The minimum Gasteiger partial charge on any atom is -0.480 e. The highest BCUT2D eigenvalue weighted by Crippen LogP contribution is 2.19. The van der Waals surface area contributed by atoms with Crippen LogP contribution in [0.3, 0.4) is 0 Å². The summed E-state index contributed by atoms with van der Waals surface area (Å²) >= 11 is 7.35. The lowest BCUT2D eigenvalue weighted by molar-refractivity contribution is -0.137. The topological polar surface area (TPSA) is 56.7 Å². The third-order valence-corrected chi connectivity index (χ3v) is 3.91. The predicted octanol–water partition coefficient (Wildman–Crippen LogP) is 0.957. The van der Waals surface area contributed by atoms with Gasteiger partial charge >= 0.3 is 5.97 Å². The van der Waals surface area contributed by atoms with Gasteiger partial charge < -0.3 is 10.0 Å². The zero-order valence-corrected chi connectivity index (χ0v) is 10.8. The largest absolute Gasteiger partial charge is 0.480 e. The molecule has 0 aromatic carbocycles. The predicted molar refractivity (Wildman–Crippen MR) is 68.0 cm³/mol. The summed E-state index contributed by atoms with van der Waals surface area (Å²) in [5.74, 6) is -0.950. The normalized spacial score (nSPS) is 19.2. The lowest BCUT2D eigenvalue weighted by Gasteiger charge is -2.34. The van der Waals surface area contributed by atoms with E-state index in [9.17, 15) is 4.79 Å². The quantitative estimate of drug-likeness (QED) is 0.830. The first-order valence-corrected chi connectivity index (χ1v) is 6.72. The standard InChI is InChI=1S/C10H14ClN3O2S/c11-8(9(15)16)7-13-2-4-14(5-3-13)10-12-1-6-17-10/h1,6,8H,2-5,7H2,(H,15,16). The molecule has 1 saturated heterocycles. The molecule has 0 amide bonds. The average Bonchev–Trinajstić information content (AvgIpc) is 2.83. The van der Waals surface area contributed by atoms with E-state index in [4.69, 9.17) is 16.7 Å². The van der Waals surface area contributed by atoms with Gasteiger partial charge in [-0.15, -0.1) is 22.9 Å². The molecule has 1 fully saturated rings. The van der Waals surface area contributed by atoms with Crippen molar-refractivity contribution in [2.24, 2.45) is 0 Å². The Labute approximate surface area is 109 Å². The smallest absolute Gasteiger partial charge is 0.322 e. The Morgan fingerprint density at radius 2 is 2.24 bits per heavy atom. The van der Waals surface area contributed by atoms with E-state index in [0.29, 0.717) is 6.54 Å². The summed E-state index contributed by atoms with van der Waals surface area (Å²) in [6.45, 7) is 3.81. The van der Waals surface area contributed by atoms with E-state index in [1.165, 1.54) is 0 Å². The summed E-state index contributed by atoms with van der Waals surface area (Å²) < 4.78 is 0. The number of nitrogens with zero attached hydrogens (tertiary/aromatic N) is 3. The molecule has 5 nitrogen and oxygen atoms in total. The van der Waals surface area contributed by atoms with E-state index >= 15 is 0 Å². The molecule has 0 saturated carbocycles. The number of hydrogen-bond acceptors (Lipinski definition) is 5. The fourth-order valence-electron chi connectivity index (χ4n) is 1.80. The highest BCUT2D eigenvalue weighted by atomic mass is 35.5. The van der Waals surface area contributed by atoms with Gasteiger partial charge in [-0.05, 0) is 0 Å². The van der Waals surface area contributed by atoms with Gasteiger partial charge in [0.2, 0.25) is 0 Å². The van der Waals surface area contributed by atoms with E-state index in [1.807, 2.05) is 5.38 Å². The zero-order valence-electron chi connectivity index (χ0n) is 9.25. The first kappa shape index (κ1) is 12.6. The number of alkyl halides is 1. The van der Waals surface area contributed by atoms with E-state index in [2.05, 4.69) is 14.8 Å². The SMILES string of the molecule is O=C(O)C(Cl)CN1CCN(c2nccs2)CC1. The van der Waals surface area contributed by atoms with Crippen molar-refractivity contribution in [3.63, 3.8) is 0 Å². The maximum atomic E-state index is 10.6. The number of anilines is 1. The Morgan fingerprint density at radius 1 is 1.53 bits per heavy atom. The Bertz CT molecular complexity index is 366. The van der Waals surface area contributed by atoms with Gasteiger partial charge in [0.25, 0.3) is 0 Å². The molecule has 0 aliphatic carbocycles. The van der Waals surface area contributed by atoms with E-state index in [0.717, 1.165) is 31.3 Å². The van der Waals surface area contributed by atoms with Gasteiger partial charge in [0.05, 0.1) is 0 Å². The molecule has 1 aromatic heterocycles. The average molecular weight is 276 g/mol. The summed E-state index contributed by atoms with van der Waals surface area (Å²) in [6.07, 6.45) is 1.80. The van der Waals surface area contributed by atoms with Gasteiger partial charge in [-0.25, -0.2) is 4.98 Å². The number of carbonyl (C=O) groups is 1. The van der Waals surface area contributed by atoms with Crippen molar-refractivity contribution in [2.75, 3.05) is 37.6 Å². The molecule has 0 bridgehead atoms. The van der Waals surface area contributed by atoms with E-state index in [1.54, 1.807) is 17.5 Å². The number of hydrogen-bond donors (Lipinski definition) is 1. The summed E-state index contributed by atoms with van der Waals surface area (Å²) in [7, 11) is 0. The van der Waals surface area contributed by atoms with Crippen LogP contribution in [0.15, 0.2) is 11.6 Å². The number of carboxylic acids is 1. The van der Waals surface area contributed by atoms with Gasteiger partial charge in [-0.2, -0.15) is 0 Å². The summed E-state index contributed by atoms with van der Waals surface area (Å²) in [5, 5.41) is 10.9. The van der Waals surface area contributed by atoms with Crippen molar-refractivity contribution in [3.05, 3.63) is 11.6 Å². The molecular weight excluding hydrogens is 262 g/mol. The molecule has 94 valence electrons. The molecule has 2 heterocycles. The molecule has 2 rings (SSSR count). The van der Waals surface area contributed by atoms with Crippen LogP contribution in [0.4, 0.5) is 5.13 Å². The molecular formula is C10H14ClN3O2S. The lowest BCUT2D eigenvalue weighted by atomic mass is 10.3. The Morgan fingerprint density at radius 3 is 2.76 bits per heavy atom. The van der Waals surface area contributed by atoms with Crippen LogP contribution in [-0.4, -0.2) is 59.1 Å². The minimum absolute atomic E-state index is 0.405. The number of aromatic nitrogens is 1. The van der Waals surface area contributed by atoms with Gasteiger partial charge in [0.15, 0.2) is 5.13 Å². The van der Waals surface area contributed by atoms with E-state index in [-0.39, 0.29) is 0 Å².